The van der Waals surface area contributed by atoms with Crippen molar-refractivity contribution in [3.05, 3.63) is 44.2 Å². The van der Waals surface area contributed by atoms with Crippen molar-refractivity contribution in [1.82, 2.24) is 0 Å². The molecule has 0 bridgehead atoms. The van der Waals surface area contributed by atoms with Crippen LogP contribution in [0.5, 0.6) is 0 Å². The van der Waals surface area contributed by atoms with Gasteiger partial charge in [0, 0.05) is 6.92 Å². The highest BCUT2D eigenvalue weighted by Crippen LogP contribution is 2.14. The number of nitrogens with zero attached hydrogens (tertiary/aromatic N) is 1. The maximum absolute atomic E-state index is 10.2. The normalized spacial score (nSPS) is 12.9. The van der Waals surface area contributed by atoms with Crippen LogP contribution < -0.4 is 0 Å². The molecule has 60 valence electrons. The smallest absolute Gasteiger partial charge is 0.256 e. The second kappa shape index (κ2) is 5.06. The second-order valence-corrected chi connectivity index (χ2v) is 2.95. The number of hydrogen-bond donors (Lipinski definition) is 0. The number of allylic oxidation sites excluding steroid dienone is 5. The molecule has 0 N–H and O–H groups in total. The second-order valence-electron chi connectivity index (χ2n) is 1.79. The van der Waals surface area contributed by atoms with E-state index in [1.165, 1.54) is 6.92 Å². The van der Waals surface area contributed by atoms with Crippen LogP contribution in [-0.4, -0.2) is 4.92 Å². The molecule has 0 fully saturated rings. The van der Waals surface area contributed by atoms with Crippen LogP contribution in [0.4, 0.5) is 0 Å². The predicted octanol–water partition coefficient (Wildman–Crippen LogP) is 2.67. The third kappa shape index (κ3) is 3.92. The molecule has 0 aromatic heterocycles. The van der Waals surface area contributed by atoms with E-state index in [9.17, 15) is 10.1 Å². The molecule has 4 heteroatoms. The van der Waals surface area contributed by atoms with E-state index < -0.39 is 4.92 Å². The van der Waals surface area contributed by atoms with Gasteiger partial charge >= 0.3 is 0 Å². The minimum Gasteiger partial charge on any atom is -0.259 e. The van der Waals surface area contributed by atoms with Crippen molar-refractivity contribution in [3.63, 3.8) is 0 Å². The van der Waals surface area contributed by atoms with Crippen molar-refractivity contribution in [3.8, 4) is 0 Å². The minimum atomic E-state index is -0.408. The molecule has 0 aliphatic carbocycles. The van der Waals surface area contributed by atoms with Crippen molar-refractivity contribution in [2.75, 3.05) is 0 Å². The molecule has 0 rings (SSSR count). The Bertz CT molecular complexity index is 231. The molecule has 11 heavy (non-hydrogen) atoms. The van der Waals surface area contributed by atoms with Gasteiger partial charge in [-0.2, -0.15) is 0 Å². The minimum absolute atomic E-state index is 0.156. The summed E-state index contributed by atoms with van der Waals surface area (Å²) in [5.41, 5.74) is 0.156. The number of hydrogen-bond acceptors (Lipinski definition) is 2. The number of rotatable bonds is 3. The van der Waals surface area contributed by atoms with E-state index in [4.69, 9.17) is 0 Å². The zero-order valence-corrected chi connectivity index (χ0v) is 8.24. The lowest BCUT2D eigenvalue weighted by Gasteiger charge is -1.90. The highest BCUT2D eigenvalue weighted by molar-refractivity contribution is 14.1. The van der Waals surface area contributed by atoms with Gasteiger partial charge in [0.1, 0.15) is 0 Å². The van der Waals surface area contributed by atoms with Crippen molar-refractivity contribution < 1.29 is 4.92 Å². The third-order valence-electron chi connectivity index (χ3n) is 0.998. The van der Waals surface area contributed by atoms with Gasteiger partial charge in [-0.25, -0.2) is 0 Å². The summed E-state index contributed by atoms with van der Waals surface area (Å²) in [5, 5.41) is 10.2. The van der Waals surface area contributed by atoms with Crippen LogP contribution in [0, 0.1) is 10.1 Å². The van der Waals surface area contributed by atoms with Crippen LogP contribution in [0.25, 0.3) is 0 Å². The van der Waals surface area contributed by atoms with Gasteiger partial charge in [0.2, 0.25) is 0 Å². The molecule has 0 aliphatic heterocycles. The quantitative estimate of drug-likeness (QED) is 0.341. The molecule has 0 radical (unpaired) electrons. The van der Waals surface area contributed by atoms with E-state index in [1.807, 2.05) is 22.6 Å². The van der Waals surface area contributed by atoms with Gasteiger partial charge in [-0.05, 0) is 28.7 Å². The van der Waals surface area contributed by atoms with Gasteiger partial charge in [0.05, 0.1) is 8.50 Å². The molecule has 0 aromatic carbocycles. The van der Waals surface area contributed by atoms with E-state index >= 15 is 0 Å². The summed E-state index contributed by atoms with van der Waals surface area (Å²) < 4.78 is 0.618. The molecule has 0 spiro atoms. The molecule has 0 heterocycles. The third-order valence-corrected chi connectivity index (χ3v) is 2.14. The fourth-order valence-corrected chi connectivity index (χ4v) is 0.765. The van der Waals surface area contributed by atoms with Crippen LogP contribution in [0.1, 0.15) is 6.92 Å². The highest BCUT2D eigenvalue weighted by atomic mass is 127. The molecule has 0 saturated carbocycles. The Kier molecular flexibility index (Phi) is 4.76. The first kappa shape index (κ1) is 10.3. The zero-order chi connectivity index (χ0) is 8.85. The number of halogens is 1. The average Bonchev–Trinajstić information content (AvgIpc) is 1.98. The summed E-state index contributed by atoms with van der Waals surface area (Å²) in [6, 6.07) is 0. The fourth-order valence-electron chi connectivity index (χ4n) is 0.360. The summed E-state index contributed by atoms with van der Waals surface area (Å²) in [4.78, 5) is 9.78. The Hall–Kier alpha value is -0.650. The molecule has 3 nitrogen and oxygen atoms in total. The van der Waals surface area contributed by atoms with Crippen LogP contribution in [0.15, 0.2) is 34.1 Å². The SMILES string of the molecule is C=C/C=C\C(I)=C(/C)[N+](=O)[O-]. The van der Waals surface area contributed by atoms with Gasteiger partial charge in [-0.15, -0.1) is 0 Å². The van der Waals surface area contributed by atoms with Gasteiger partial charge in [0.25, 0.3) is 5.70 Å². The monoisotopic (exact) mass is 265 g/mol. The molecule has 0 saturated heterocycles. The molecular weight excluding hydrogens is 257 g/mol. The van der Waals surface area contributed by atoms with Crippen molar-refractivity contribution >= 4 is 22.6 Å². The van der Waals surface area contributed by atoms with Crippen molar-refractivity contribution in [1.29, 1.82) is 0 Å². The predicted molar refractivity (Wildman–Crippen MR) is 53.1 cm³/mol. The maximum atomic E-state index is 10.2. The lowest BCUT2D eigenvalue weighted by molar-refractivity contribution is -0.424. The summed E-state index contributed by atoms with van der Waals surface area (Å²) in [5.74, 6) is 0. The lowest BCUT2D eigenvalue weighted by atomic mass is 10.4. The Balaban J connectivity index is 4.52. The average molecular weight is 265 g/mol. The van der Waals surface area contributed by atoms with E-state index in [-0.39, 0.29) is 5.70 Å². The molecular formula is C7H8INO2. The molecule has 0 amide bonds. The van der Waals surface area contributed by atoms with Crippen LogP contribution >= 0.6 is 22.6 Å². The van der Waals surface area contributed by atoms with Crippen molar-refractivity contribution in [2.24, 2.45) is 0 Å². The Morgan fingerprint density at radius 1 is 1.73 bits per heavy atom. The first-order valence-electron chi connectivity index (χ1n) is 2.89. The summed E-state index contributed by atoms with van der Waals surface area (Å²) in [7, 11) is 0. The van der Waals surface area contributed by atoms with Gasteiger partial charge in [-0.3, -0.25) is 10.1 Å². The largest absolute Gasteiger partial charge is 0.259 e. The highest BCUT2D eigenvalue weighted by Gasteiger charge is 2.05. The Labute approximate surface area is 78.8 Å². The summed E-state index contributed by atoms with van der Waals surface area (Å²) >= 11 is 1.91. The topological polar surface area (TPSA) is 43.1 Å². The van der Waals surface area contributed by atoms with E-state index in [1.54, 1.807) is 18.2 Å². The number of nitro groups is 1. The lowest BCUT2D eigenvalue weighted by Crippen LogP contribution is -1.94. The first-order valence-corrected chi connectivity index (χ1v) is 3.97. The van der Waals surface area contributed by atoms with E-state index in [0.29, 0.717) is 3.58 Å². The summed E-state index contributed by atoms with van der Waals surface area (Å²) in [6.07, 6.45) is 4.88. The van der Waals surface area contributed by atoms with Gasteiger partial charge in [-0.1, -0.05) is 18.7 Å². The van der Waals surface area contributed by atoms with E-state index in [0.717, 1.165) is 0 Å². The van der Waals surface area contributed by atoms with Crippen LogP contribution in [0.2, 0.25) is 0 Å². The maximum Gasteiger partial charge on any atom is 0.256 e. The standard InChI is InChI=1S/C7H8INO2/c1-3-4-5-7(8)6(2)9(10)11/h3-5H,1H2,2H3/b5-4-,7-6-. The molecule has 0 aliphatic rings. The van der Waals surface area contributed by atoms with Gasteiger partial charge in [0.15, 0.2) is 0 Å². The zero-order valence-electron chi connectivity index (χ0n) is 6.08. The Morgan fingerprint density at radius 3 is 2.64 bits per heavy atom. The van der Waals surface area contributed by atoms with E-state index in [2.05, 4.69) is 6.58 Å². The fraction of sp³-hybridized carbons (Fsp3) is 0.143. The van der Waals surface area contributed by atoms with Gasteiger partial charge < -0.3 is 0 Å². The van der Waals surface area contributed by atoms with Crippen LogP contribution in [0.3, 0.4) is 0 Å². The van der Waals surface area contributed by atoms with Crippen LogP contribution in [-0.2, 0) is 0 Å². The molecule has 0 atom stereocenters. The Morgan fingerprint density at radius 2 is 2.27 bits per heavy atom. The molecule has 0 unspecified atom stereocenters. The first-order chi connectivity index (χ1) is 5.09. The summed E-state index contributed by atoms with van der Waals surface area (Å²) in [6.45, 7) is 4.92. The van der Waals surface area contributed by atoms with Crippen molar-refractivity contribution in [2.45, 2.75) is 6.92 Å². The molecule has 0 aromatic rings.